The van der Waals surface area contributed by atoms with Gasteiger partial charge in [-0.2, -0.15) is 5.26 Å². The Balaban J connectivity index is 1.88. The van der Waals surface area contributed by atoms with E-state index < -0.39 is 5.91 Å². The van der Waals surface area contributed by atoms with Crippen molar-refractivity contribution in [3.8, 4) is 23.3 Å². The molecule has 0 saturated heterocycles. The molecule has 0 aromatic heterocycles. The van der Waals surface area contributed by atoms with Crippen molar-refractivity contribution in [1.29, 1.82) is 5.26 Å². The van der Waals surface area contributed by atoms with Crippen LogP contribution in [0.2, 0.25) is 0 Å². The van der Waals surface area contributed by atoms with Crippen LogP contribution >= 0.6 is 0 Å². The molecule has 0 radical (unpaired) electrons. The molecule has 25 heavy (non-hydrogen) atoms. The van der Waals surface area contributed by atoms with Crippen molar-refractivity contribution in [2.75, 3.05) is 19.2 Å². The van der Waals surface area contributed by atoms with Crippen LogP contribution in [0.1, 0.15) is 11.1 Å². The van der Waals surface area contributed by atoms with Crippen molar-refractivity contribution in [3.63, 3.8) is 0 Å². The minimum atomic E-state index is -0.482. The predicted octanol–water partition coefficient (Wildman–Crippen LogP) is 3.28. The first kappa shape index (κ1) is 16.4. The Kier molecular flexibility index (Phi) is 4.57. The van der Waals surface area contributed by atoms with Gasteiger partial charge in [0.25, 0.3) is 5.91 Å². The second-order valence-electron chi connectivity index (χ2n) is 5.45. The Morgan fingerprint density at radius 1 is 1.32 bits per heavy atom. The molecule has 0 unspecified atom stereocenters. The van der Waals surface area contributed by atoms with Gasteiger partial charge in [-0.05, 0) is 48.4 Å². The maximum Gasteiger partial charge on any atom is 0.266 e. The smallest absolute Gasteiger partial charge is 0.266 e. The molecule has 2 aromatic rings. The number of benzene rings is 2. The Hall–Kier alpha value is -3.46. The number of carbonyl (C=O) groups excluding carboxylic acids is 1. The predicted molar refractivity (Wildman–Crippen MR) is 92.5 cm³/mol. The number of nitrogens with one attached hydrogen (secondary N) is 1. The lowest BCUT2D eigenvalue weighted by Crippen LogP contribution is -2.13. The molecule has 1 heterocycles. The molecule has 1 amide bonds. The summed E-state index contributed by atoms with van der Waals surface area (Å²) in [6, 6.07) is 12.7. The Morgan fingerprint density at radius 3 is 2.88 bits per heavy atom. The van der Waals surface area contributed by atoms with Gasteiger partial charge in [-0.3, -0.25) is 4.79 Å². The fourth-order valence-electron chi connectivity index (χ4n) is 2.47. The fraction of sp³-hybridized carbons (Fsp3) is 0.158. The van der Waals surface area contributed by atoms with Gasteiger partial charge in [-0.15, -0.1) is 0 Å². The number of rotatable bonds is 4. The monoisotopic (exact) mass is 336 g/mol. The third kappa shape index (κ3) is 3.56. The van der Waals surface area contributed by atoms with Crippen LogP contribution in [0.3, 0.4) is 0 Å². The minimum absolute atomic E-state index is 0.0255. The van der Waals surface area contributed by atoms with Crippen LogP contribution in [0, 0.1) is 18.3 Å². The lowest BCUT2D eigenvalue weighted by Gasteiger charge is -2.07. The number of nitriles is 1. The van der Waals surface area contributed by atoms with Crippen LogP contribution in [-0.4, -0.2) is 19.8 Å². The normalized spacial score (nSPS) is 12.4. The van der Waals surface area contributed by atoms with E-state index in [-0.39, 0.29) is 12.4 Å². The van der Waals surface area contributed by atoms with E-state index in [1.807, 2.05) is 31.2 Å². The number of fused-ring (bicyclic) bond motifs is 1. The van der Waals surface area contributed by atoms with Gasteiger partial charge in [0.2, 0.25) is 12.5 Å². The third-order valence-corrected chi connectivity index (χ3v) is 3.63. The van der Waals surface area contributed by atoms with Gasteiger partial charge in [0.05, 0.1) is 7.11 Å². The van der Waals surface area contributed by atoms with Crippen molar-refractivity contribution in [1.82, 2.24) is 0 Å². The summed E-state index contributed by atoms with van der Waals surface area (Å²) in [4.78, 5) is 12.4. The summed E-state index contributed by atoms with van der Waals surface area (Å²) >= 11 is 0. The van der Waals surface area contributed by atoms with Crippen LogP contribution in [-0.2, 0) is 4.79 Å². The summed E-state index contributed by atoms with van der Waals surface area (Å²) in [5.41, 5.74) is 2.23. The van der Waals surface area contributed by atoms with Gasteiger partial charge in [0.1, 0.15) is 11.6 Å². The summed E-state index contributed by atoms with van der Waals surface area (Å²) in [5.74, 6) is 1.03. The standard InChI is InChI=1S/C19H16N2O4/c1-12-4-3-5-15(6-12)21-19(22)14(10-20)7-13-8-16(23-2)18-17(9-13)24-11-25-18/h3-9H,11H2,1-2H3,(H,21,22)/b14-7+. The van der Waals surface area contributed by atoms with Crippen molar-refractivity contribution in [2.45, 2.75) is 6.92 Å². The number of nitrogens with zero attached hydrogens (tertiary/aromatic N) is 1. The summed E-state index contributed by atoms with van der Waals surface area (Å²) in [6.07, 6.45) is 1.48. The molecule has 1 aliphatic rings. The zero-order valence-electron chi connectivity index (χ0n) is 13.8. The molecule has 2 aromatic carbocycles. The molecule has 1 N–H and O–H groups in total. The summed E-state index contributed by atoms with van der Waals surface area (Å²) in [6.45, 7) is 2.04. The second kappa shape index (κ2) is 6.97. The van der Waals surface area contributed by atoms with Gasteiger partial charge < -0.3 is 19.5 Å². The SMILES string of the molecule is COc1cc(/C=C(\C#N)C(=O)Nc2cccc(C)c2)cc2c1OCO2. The van der Waals surface area contributed by atoms with Gasteiger partial charge in [-0.1, -0.05) is 12.1 Å². The second-order valence-corrected chi connectivity index (χ2v) is 5.45. The van der Waals surface area contributed by atoms with E-state index in [1.165, 1.54) is 13.2 Å². The van der Waals surface area contributed by atoms with Gasteiger partial charge >= 0.3 is 0 Å². The van der Waals surface area contributed by atoms with E-state index in [0.717, 1.165) is 5.56 Å². The largest absolute Gasteiger partial charge is 0.493 e. The first-order valence-electron chi connectivity index (χ1n) is 7.58. The first-order valence-corrected chi connectivity index (χ1v) is 7.58. The van der Waals surface area contributed by atoms with Crippen LogP contribution in [0.15, 0.2) is 42.0 Å². The molecule has 126 valence electrons. The number of amides is 1. The van der Waals surface area contributed by atoms with Crippen LogP contribution in [0.25, 0.3) is 6.08 Å². The molecule has 3 rings (SSSR count). The number of anilines is 1. The van der Waals surface area contributed by atoms with E-state index in [1.54, 1.807) is 18.2 Å². The number of hydrogen-bond acceptors (Lipinski definition) is 5. The zero-order chi connectivity index (χ0) is 17.8. The molecule has 0 saturated carbocycles. The molecule has 0 aliphatic carbocycles. The number of ether oxygens (including phenoxy) is 3. The van der Waals surface area contributed by atoms with Gasteiger partial charge in [0, 0.05) is 5.69 Å². The highest BCUT2D eigenvalue weighted by molar-refractivity contribution is 6.09. The van der Waals surface area contributed by atoms with E-state index in [4.69, 9.17) is 14.2 Å². The summed E-state index contributed by atoms with van der Waals surface area (Å²) in [5, 5.41) is 12.1. The molecule has 0 fully saturated rings. The fourth-order valence-corrected chi connectivity index (χ4v) is 2.47. The maximum atomic E-state index is 12.4. The van der Waals surface area contributed by atoms with Crippen molar-refractivity contribution in [2.24, 2.45) is 0 Å². The van der Waals surface area contributed by atoms with Crippen LogP contribution < -0.4 is 19.5 Å². The number of hydrogen-bond donors (Lipinski definition) is 1. The lowest BCUT2D eigenvalue weighted by molar-refractivity contribution is -0.112. The number of carbonyl (C=O) groups is 1. The Labute approximate surface area is 145 Å². The molecular formula is C19H16N2O4. The number of aryl methyl sites for hydroxylation is 1. The van der Waals surface area contributed by atoms with Gasteiger partial charge in [-0.25, -0.2) is 0 Å². The lowest BCUT2D eigenvalue weighted by atomic mass is 10.1. The van der Waals surface area contributed by atoms with Crippen molar-refractivity contribution < 1.29 is 19.0 Å². The van der Waals surface area contributed by atoms with E-state index in [0.29, 0.717) is 28.5 Å². The van der Waals surface area contributed by atoms with Gasteiger partial charge in [0.15, 0.2) is 11.5 Å². The van der Waals surface area contributed by atoms with Crippen LogP contribution in [0.4, 0.5) is 5.69 Å². The average Bonchev–Trinajstić information content (AvgIpc) is 3.07. The van der Waals surface area contributed by atoms with Crippen LogP contribution in [0.5, 0.6) is 17.2 Å². The highest BCUT2D eigenvalue weighted by Gasteiger charge is 2.20. The Bertz CT molecular complexity index is 897. The molecule has 6 nitrogen and oxygen atoms in total. The molecular weight excluding hydrogens is 320 g/mol. The minimum Gasteiger partial charge on any atom is -0.493 e. The quantitative estimate of drug-likeness (QED) is 0.684. The van der Waals surface area contributed by atoms with E-state index >= 15 is 0 Å². The number of methoxy groups -OCH3 is 1. The molecule has 0 bridgehead atoms. The van der Waals surface area contributed by atoms with Crippen molar-refractivity contribution >= 4 is 17.7 Å². The maximum absolute atomic E-state index is 12.4. The molecule has 0 atom stereocenters. The first-order chi connectivity index (χ1) is 12.1. The topological polar surface area (TPSA) is 80.6 Å². The summed E-state index contributed by atoms with van der Waals surface area (Å²) < 4.78 is 15.9. The highest BCUT2D eigenvalue weighted by Crippen LogP contribution is 2.42. The molecule has 0 spiro atoms. The van der Waals surface area contributed by atoms with Crippen molar-refractivity contribution in [3.05, 3.63) is 53.1 Å². The average molecular weight is 336 g/mol. The molecule has 6 heteroatoms. The Morgan fingerprint density at radius 2 is 2.16 bits per heavy atom. The molecule has 1 aliphatic heterocycles. The van der Waals surface area contributed by atoms with E-state index in [2.05, 4.69) is 5.32 Å². The summed E-state index contributed by atoms with van der Waals surface area (Å²) in [7, 11) is 1.51. The van der Waals surface area contributed by atoms with E-state index in [9.17, 15) is 10.1 Å². The zero-order valence-corrected chi connectivity index (χ0v) is 13.8. The third-order valence-electron chi connectivity index (χ3n) is 3.63. The highest BCUT2D eigenvalue weighted by atomic mass is 16.7.